The summed E-state index contributed by atoms with van der Waals surface area (Å²) in [6, 6.07) is 15.1. The number of methoxy groups -OCH3 is 1. The number of sulfonamides is 1. The molecule has 1 N–H and O–H groups in total. The van der Waals surface area contributed by atoms with Crippen LogP contribution in [0.15, 0.2) is 59.6 Å². The SMILES string of the molecule is COc1cccc(S(=O)(=O)N2CCC(CNc3ncc(-c4cccc(C)c4)s3)CC2)c1. The van der Waals surface area contributed by atoms with Gasteiger partial charge in [0.2, 0.25) is 10.0 Å². The highest BCUT2D eigenvalue weighted by Crippen LogP contribution is 2.30. The van der Waals surface area contributed by atoms with Crippen LogP contribution in [0.25, 0.3) is 10.4 Å². The first-order valence-corrected chi connectivity index (χ1v) is 12.6. The summed E-state index contributed by atoms with van der Waals surface area (Å²) in [7, 11) is -1.96. The Balaban J connectivity index is 1.31. The third kappa shape index (κ3) is 5.08. The molecule has 0 atom stereocenters. The molecule has 2 aromatic carbocycles. The van der Waals surface area contributed by atoms with Gasteiger partial charge in [-0.05, 0) is 43.4 Å². The molecule has 31 heavy (non-hydrogen) atoms. The second-order valence-electron chi connectivity index (χ2n) is 7.81. The van der Waals surface area contributed by atoms with Crippen LogP contribution < -0.4 is 10.1 Å². The van der Waals surface area contributed by atoms with E-state index in [0.29, 0.717) is 24.8 Å². The topological polar surface area (TPSA) is 71.5 Å². The van der Waals surface area contributed by atoms with Gasteiger partial charge in [0.25, 0.3) is 0 Å². The van der Waals surface area contributed by atoms with Crippen molar-refractivity contribution in [2.75, 3.05) is 32.1 Å². The number of thiazole rings is 1. The number of anilines is 1. The molecule has 8 heteroatoms. The molecule has 0 spiro atoms. The van der Waals surface area contributed by atoms with Gasteiger partial charge in [0.15, 0.2) is 5.13 Å². The molecule has 0 unspecified atom stereocenters. The highest BCUT2D eigenvalue weighted by atomic mass is 32.2. The van der Waals surface area contributed by atoms with Crippen molar-refractivity contribution in [3.05, 3.63) is 60.3 Å². The van der Waals surface area contributed by atoms with Crippen LogP contribution in [0.1, 0.15) is 18.4 Å². The minimum Gasteiger partial charge on any atom is -0.497 e. The van der Waals surface area contributed by atoms with Crippen LogP contribution in [0.2, 0.25) is 0 Å². The highest BCUT2D eigenvalue weighted by Gasteiger charge is 2.29. The van der Waals surface area contributed by atoms with Gasteiger partial charge in [-0.1, -0.05) is 47.2 Å². The maximum Gasteiger partial charge on any atom is 0.243 e. The lowest BCUT2D eigenvalue weighted by Crippen LogP contribution is -2.39. The molecule has 0 saturated carbocycles. The Morgan fingerprint density at radius 3 is 2.68 bits per heavy atom. The molecule has 1 saturated heterocycles. The molecule has 6 nitrogen and oxygen atoms in total. The van der Waals surface area contributed by atoms with Crippen molar-refractivity contribution in [3.63, 3.8) is 0 Å². The van der Waals surface area contributed by atoms with Gasteiger partial charge < -0.3 is 10.1 Å². The number of aryl methyl sites for hydroxylation is 1. The highest BCUT2D eigenvalue weighted by molar-refractivity contribution is 7.89. The third-order valence-electron chi connectivity index (χ3n) is 5.60. The third-order valence-corrected chi connectivity index (χ3v) is 8.50. The number of hydrogen-bond donors (Lipinski definition) is 1. The van der Waals surface area contributed by atoms with Crippen LogP contribution in [0, 0.1) is 12.8 Å². The first kappa shape index (κ1) is 21.8. The fourth-order valence-corrected chi connectivity index (χ4v) is 6.11. The molecule has 0 aliphatic carbocycles. The molecule has 1 aliphatic rings. The molecule has 164 valence electrons. The van der Waals surface area contributed by atoms with E-state index in [1.165, 1.54) is 18.2 Å². The molecule has 2 heterocycles. The van der Waals surface area contributed by atoms with Crippen LogP contribution in [0.4, 0.5) is 5.13 Å². The molecule has 1 fully saturated rings. The Labute approximate surface area is 188 Å². The van der Waals surface area contributed by atoms with Crippen LogP contribution in [-0.4, -0.2) is 44.5 Å². The molecule has 0 radical (unpaired) electrons. The molecule has 1 aliphatic heterocycles. The van der Waals surface area contributed by atoms with Crippen molar-refractivity contribution >= 4 is 26.5 Å². The number of benzene rings is 2. The standard InChI is InChI=1S/C23H27N3O3S2/c1-17-5-3-6-19(13-17)22-16-25-23(30-22)24-15-18-9-11-26(12-10-18)31(27,28)21-8-4-7-20(14-21)29-2/h3-8,13-14,16,18H,9-12,15H2,1-2H3,(H,24,25). The Morgan fingerprint density at radius 1 is 1.16 bits per heavy atom. The van der Waals surface area contributed by atoms with Crippen LogP contribution in [0.3, 0.4) is 0 Å². The zero-order chi connectivity index (χ0) is 21.8. The molecule has 4 rings (SSSR count). The van der Waals surface area contributed by atoms with Gasteiger partial charge in [0.05, 0.1) is 16.9 Å². The summed E-state index contributed by atoms with van der Waals surface area (Å²) in [5, 5.41) is 4.35. The van der Waals surface area contributed by atoms with Crippen LogP contribution >= 0.6 is 11.3 Å². The van der Waals surface area contributed by atoms with Crippen LogP contribution in [0.5, 0.6) is 5.75 Å². The zero-order valence-electron chi connectivity index (χ0n) is 17.7. The van der Waals surface area contributed by atoms with Gasteiger partial charge in [0, 0.05) is 31.9 Å². The van der Waals surface area contributed by atoms with Crippen molar-refractivity contribution in [1.82, 2.24) is 9.29 Å². The zero-order valence-corrected chi connectivity index (χ0v) is 19.4. The lowest BCUT2D eigenvalue weighted by Gasteiger charge is -2.31. The van der Waals surface area contributed by atoms with E-state index in [9.17, 15) is 8.42 Å². The maximum atomic E-state index is 12.9. The minimum atomic E-state index is -3.49. The summed E-state index contributed by atoms with van der Waals surface area (Å²) in [4.78, 5) is 5.94. The Bertz CT molecular complexity index is 1140. The average molecular weight is 458 g/mol. The second-order valence-corrected chi connectivity index (χ2v) is 10.8. The Morgan fingerprint density at radius 2 is 1.94 bits per heavy atom. The smallest absolute Gasteiger partial charge is 0.243 e. The van der Waals surface area contributed by atoms with Gasteiger partial charge in [0.1, 0.15) is 5.75 Å². The van der Waals surface area contributed by atoms with E-state index in [1.54, 1.807) is 39.9 Å². The summed E-state index contributed by atoms with van der Waals surface area (Å²) in [6.07, 6.45) is 3.56. The van der Waals surface area contributed by atoms with Gasteiger partial charge in [-0.15, -0.1) is 0 Å². The number of piperidine rings is 1. The summed E-state index contributed by atoms with van der Waals surface area (Å²) in [5.41, 5.74) is 2.41. The molecule has 0 bridgehead atoms. The molecular weight excluding hydrogens is 430 g/mol. The van der Waals surface area contributed by atoms with E-state index in [1.807, 2.05) is 6.20 Å². The molecule has 1 aromatic heterocycles. The largest absolute Gasteiger partial charge is 0.497 e. The molecular formula is C23H27N3O3S2. The quantitative estimate of drug-likeness (QED) is 0.560. The first-order valence-electron chi connectivity index (χ1n) is 10.4. The van der Waals surface area contributed by atoms with Gasteiger partial charge in [-0.2, -0.15) is 4.31 Å². The fourth-order valence-electron chi connectivity index (χ4n) is 3.78. The normalized spacial score (nSPS) is 15.7. The number of aromatic nitrogens is 1. The number of nitrogens with one attached hydrogen (secondary N) is 1. The number of hydrogen-bond acceptors (Lipinski definition) is 6. The summed E-state index contributed by atoms with van der Waals surface area (Å²) in [6.45, 7) is 3.94. The lowest BCUT2D eigenvalue weighted by molar-refractivity contribution is 0.282. The van der Waals surface area contributed by atoms with E-state index in [0.717, 1.165) is 29.4 Å². The summed E-state index contributed by atoms with van der Waals surface area (Å²) >= 11 is 1.65. The van der Waals surface area contributed by atoms with Crippen molar-refractivity contribution in [2.24, 2.45) is 5.92 Å². The Hall–Kier alpha value is -2.42. The number of ether oxygens (including phenoxy) is 1. The Kier molecular flexibility index (Phi) is 6.60. The summed E-state index contributed by atoms with van der Waals surface area (Å²) < 4.78 is 32.6. The van der Waals surface area contributed by atoms with Crippen molar-refractivity contribution in [1.29, 1.82) is 0 Å². The molecule has 3 aromatic rings. The predicted octanol–water partition coefficient (Wildman–Crippen LogP) is 4.64. The van der Waals surface area contributed by atoms with Crippen molar-refractivity contribution in [3.8, 4) is 16.2 Å². The maximum absolute atomic E-state index is 12.9. The number of rotatable bonds is 7. The van der Waals surface area contributed by atoms with Gasteiger partial charge >= 0.3 is 0 Å². The van der Waals surface area contributed by atoms with Crippen LogP contribution in [-0.2, 0) is 10.0 Å². The summed E-state index contributed by atoms with van der Waals surface area (Å²) in [5.74, 6) is 0.969. The van der Waals surface area contributed by atoms with E-state index in [4.69, 9.17) is 4.74 Å². The average Bonchev–Trinajstić information content (AvgIpc) is 3.27. The van der Waals surface area contributed by atoms with E-state index in [-0.39, 0.29) is 4.90 Å². The van der Waals surface area contributed by atoms with Crippen molar-refractivity contribution < 1.29 is 13.2 Å². The minimum absolute atomic E-state index is 0.287. The van der Waals surface area contributed by atoms with E-state index >= 15 is 0 Å². The molecule has 0 amide bonds. The van der Waals surface area contributed by atoms with Crippen molar-refractivity contribution in [2.45, 2.75) is 24.7 Å². The van der Waals surface area contributed by atoms with Gasteiger partial charge in [-0.3, -0.25) is 0 Å². The monoisotopic (exact) mass is 457 g/mol. The second kappa shape index (κ2) is 9.38. The van der Waals surface area contributed by atoms with Gasteiger partial charge in [-0.25, -0.2) is 13.4 Å². The number of nitrogens with zero attached hydrogens (tertiary/aromatic N) is 2. The predicted molar refractivity (Wildman–Crippen MR) is 125 cm³/mol. The van der Waals surface area contributed by atoms with E-state index in [2.05, 4.69) is 41.5 Å². The fraction of sp³-hybridized carbons (Fsp3) is 0.348. The first-order chi connectivity index (χ1) is 15.0. The van der Waals surface area contributed by atoms with E-state index < -0.39 is 10.0 Å². The lowest BCUT2D eigenvalue weighted by atomic mass is 9.98.